The highest BCUT2D eigenvalue weighted by Crippen LogP contribution is 2.33. The summed E-state index contributed by atoms with van der Waals surface area (Å²) in [6, 6.07) is 9.32. The zero-order valence-corrected chi connectivity index (χ0v) is 11.6. The first kappa shape index (κ1) is 14.4. The van der Waals surface area contributed by atoms with E-state index < -0.39 is 0 Å². The maximum absolute atomic E-state index is 12.4. The number of oxime groups is 1. The van der Waals surface area contributed by atoms with Crippen molar-refractivity contribution in [3.05, 3.63) is 35.9 Å². The molecule has 5 heteroatoms. The third kappa shape index (κ3) is 3.29. The molecule has 0 heterocycles. The quantitative estimate of drug-likeness (QED) is 0.320. The molecule has 0 radical (unpaired) electrons. The molecule has 1 fully saturated rings. The van der Waals surface area contributed by atoms with Gasteiger partial charge in [0.2, 0.25) is 5.91 Å². The second-order valence-corrected chi connectivity index (χ2v) is 5.22. The van der Waals surface area contributed by atoms with Crippen LogP contribution in [0, 0.1) is 5.92 Å². The van der Waals surface area contributed by atoms with E-state index in [2.05, 4.69) is 10.5 Å². The molecular weight excluding hydrogens is 254 g/mol. The van der Waals surface area contributed by atoms with Crippen molar-refractivity contribution in [1.82, 2.24) is 5.32 Å². The summed E-state index contributed by atoms with van der Waals surface area (Å²) in [6.45, 7) is 1.98. The Balaban J connectivity index is 2.09. The van der Waals surface area contributed by atoms with Gasteiger partial charge in [-0.1, -0.05) is 42.4 Å². The lowest BCUT2D eigenvalue weighted by Crippen LogP contribution is -2.47. The summed E-state index contributed by atoms with van der Waals surface area (Å²) in [5.41, 5.74) is 6.66. The highest BCUT2D eigenvalue weighted by atomic mass is 16.4. The molecule has 1 saturated carbocycles. The van der Waals surface area contributed by atoms with E-state index in [4.69, 9.17) is 10.9 Å². The minimum Gasteiger partial charge on any atom is -0.409 e. The van der Waals surface area contributed by atoms with Crippen LogP contribution < -0.4 is 11.1 Å². The van der Waals surface area contributed by atoms with E-state index >= 15 is 0 Å². The average Bonchev–Trinajstić information content (AvgIpc) is 3.30. The Morgan fingerprint density at radius 3 is 2.60 bits per heavy atom. The van der Waals surface area contributed by atoms with Crippen molar-refractivity contribution in [1.29, 1.82) is 0 Å². The number of carbonyl (C=O) groups excluding carboxylic acids is 1. The molecule has 1 amide bonds. The number of nitrogens with zero attached hydrogens (tertiary/aromatic N) is 1. The summed E-state index contributed by atoms with van der Waals surface area (Å²) < 4.78 is 0. The SMILES string of the molecule is CCC(C(=O)NC(C(N)=NO)C1CC1)c1ccccc1. The number of amidine groups is 1. The number of rotatable bonds is 6. The van der Waals surface area contributed by atoms with Gasteiger partial charge in [-0.05, 0) is 30.7 Å². The van der Waals surface area contributed by atoms with Crippen LogP contribution in [0.1, 0.15) is 37.7 Å². The van der Waals surface area contributed by atoms with Crippen LogP contribution in [0.2, 0.25) is 0 Å². The van der Waals surface area contributed by atoms with E-state index in [9.17, 15) is 4.79 Å². The van der Waals surface area contributed by atoms with E-state index in [0.29, 0.717) is 12.3 Å². The van der Waals surface area contributed by atoms with Crippen molar-refractivity contribution in [2.45, 2.75) is 38.1 Å². The standard InChI is InChI=1S/C15H21N3O2/c1-2-12(10-6-4-3-5-7-10)15(19)17-13(11-8-9-11)14(16)18-20/h3-7,11-13,20H,2,8-9H2,1H3,(H2,16,18)(H,17,19). The van der Waals surface area contributed by atoms with Crippen molar-refractivity contribution in [3.63, 3.8) is 0 Å². The fourth-order valence-electron chi connectivity index (χ4n) is 2.44. The maximum Gasteiger partial charge on any atom is 0.228 e. The van der Waals surface area contributed by atoms with Gasteiger partial charge >= 0.3 is 0 Å². The van der Waals surface area contributed by atoms with Crippen LogP contribution in [0.15, 0.2) is 35.5 Å². The molecule has 0 aromatic heterocycles. The Morgan fingerprint density at radius 2 is 2.10 bits per heavy atom. The van der Waals surface area contributed by atoms with Crippen molar-refractivity contribution in [2.75, 3.05) is 0 Å². The Bertz CT molecular complexity index is 483. The van der Waals surface area contributed by atoms with Crippen molar-refractivity contribution >= 4 is 11.7 Å². The third-order valence-electron chi connectivity index (χ3n) is 3.75. The fraction of sp³-hybridized carbons (Fsp3) is 0.467. The average molecular weight is 275 g/mol. The van der Waals surface area contributed by atoms with Crippen molar-refractivity contribution in [3.8, 4) is 0 Å². The van der Waals surface area contributed by atoms with Gasteiger partial charge < -0.3 is 16.3 Å². The summed E-state index contributed by atoms with van der Waals surface area (Å²) >= 11 is 0. The molecule has 20 heavy (non-hydrogen) atoms. The van der Waals surface area contributed by atoms with Crippen molar-refractivity contribution < 1.29 is 10.0 Å². The summed E-state index contributed by atoms with van der Waals surface area (Å²) in [6.07, 6.45) is 2.72. The minimum absolute atomic E-state index is 0.0674. The largest absolute Gasteiger partial charge is 0.409 e. The predicted octanol–water partition coefficient (Wildman–Crippen LogP) is 1.82. The molecular formula is C15H21N3O2. The second-order valence-electron chi connectivity index (χ2n) is 5.22. The van der Waals surface area contributed by atoms with Crippen LogP contribution in [0.3, 0.4) is 0 Å². The van der Waals surface area contributed by atoms with Crippen LogP contribution in [0.5, 0.6) is 0 Å². The third-order valence-corrected chi connectivity index (χ3v) is 3.75. The van der Waals surface area contributed by atoms with Crippen LogP contribution in [-0.4, -0.2) is 23.0 Å². The molecule has 0 aliphatic heterocycles. The molecule has 2 atom stereocenters. The Morgan fingerprint density at radius 1 is 1.45 bits per heavy atom. The first-order valence-corrected chi connectivity index (χ1v) is 7.00. The molecule has 1 aliphatic rings. The van der Waals surface area contributed by atoms with Gasteiger partial charge in [0.05, 0.1) is 12.0 Å². The predicted molar refractivity (Wildman–Crippen MR) is 77.5 cm³/mol. The fourth-order valence-corrected chi connectivity index (χ4v) is 2.44. The van der Waals surface area contributed by atoms with Gasteiger partial charge in [0, 0.05) is 0 Å². The van der Waals surface area contributed by atoms with E-state index in [1.807, 2.05) is 37.3 Å². The van der Waals surface area contributed by atoms with Crippen LogP contribution >= 0.6 is 0 Å². The number of nitrogens with two attached hydrogens (primary N) is 1. The second kappa shape index (κ2) is 6.41. The normalized spacial score (nSPS) is 18.4. The maximum atomic E-state index is 12.4. The van der Waals surface area contributed by atoms with E-state index in [1.165, 1.54) is 0 Å². The molecule has 2 unspecified atom stereocenters. The van der Waals surface area contributed by atoms with Crippen LogP contribution in [0.25, 0.3) is 0 Å². The van der Waals surface area contributed by atoms with E-state index in [-0.39, 0.29) is 23.7 Å². The van der Waals surface area contributed by atoms with Gasteiger partial charge in [-0.25, -0.2) is 0 Å². The number of hydrogen-bond donors (Lipinski definition) is 3. The summed E-state index contributed by atoms with van der Waals surface area (Å²) in [5.74, 6) is 0.109. The monoisotopic (exact) mass is 275 g/mol. The molecule has 1 aromatic carbocycles. The minimum atomic E-state index is -0.356. The van der Waals surface area contributed by atoms with Gasteiger partial charge in [-0.2, -0.15) is 0 Å². The summed E-state index contributed by atoms with van der Waals surface area (Å²) in [5, 5.41) is 14.8. The topological polar surface area (TPSA) is 87.7 Å². The first-order valence-electron chi connectivity index (χ1n) is 7.00. The first-order chi connectivity index (χ1) is 9.67. The van der Waals surface area contributed by atoms with Crippen molar-refractivity contribution in [2.24, 2.45) is 16.8 Å². The highest BCUT2D eigenvalue weighted by Gasteiger charge is 2.36. The number of carbonyl (C=O) groups is 1. The van der Waals surface area contributed by atoms with Gasteiger partial charge in [0.25, 0.3) is 0 Å². The number of nitrogens with one attached hydrogen (secondary N) is 1. The number of benzene rings is 1. The molecule has 1 aliphatic carbocycles. The number of amides is 1. The van der Waals surface area contributed by atoms with Crippen LogP contribution in [0.4, 0.5) is 0 Å². The molecule has 0 saturated heterocycles. The molecule has 0 spiro atoms. The zero-order chi connectivity index (χ0) is 14.5. The van der Waals surface area contributed by atoms with Gasteiger partial charge in [0.1, 0.15) is 0 Å². The van der Waals surface area contributed by atoms with E-state index in [1.54, 1.807) is 0 Å². The molecule has 5 nitrogen and oxygen atoms in total. The van der Waals surface area contributed by atoms with E-state index in [0.717, 1.165) is 18.4 Å². The molecule has 1 aromatic rings. The van der Waals surface area contributed by atoms with Gasteiger partial charge in [-0.3, -0.25) is 4.79 Å². The lowest BCUT2D eigenvalue weighted by molar-refractivity contribution is -0.123. The van der Waals surface area contributed by atoms with Gasteiger partial charge in [-0.15, -0.1) is 0 Å². The Kier molecular flexibility index (Phi) is 4.61. The Hall–Kier alpha value is -2.04. The molecule has 4 N–H and O–H groups in total. The van der Waals surface area contributed by atoms with Gasteiger partial charge in [0.15, 0.2) is 5.84 Å². The molecule has 108 valence electrons. The molecule has 0 bridgehead atoms. The lowest BCUT2D eigenvalue weighted by Gasteiger charge is -2.21. The number of hydrogen-bond acceptors (Lipinski definition) is 3. The molecule has 2 rings (SSSR count). The highest BCUT2D eigenvalue weighted by molar-refractivity contribution is 5.92. The Labute approximate surface area is 118 Å². The smallest absolute Gasteiger partial charge is 0.228 e. The summed E-state index contributed by atoms with van der Waals surface area (Å²) in [7, 11) is 0. The zero-order valence-electron chi connectivity index (χ0n) is 11.6. The van der Waals surface area contributed by atoms with Crippen LogP contribution in [-0.2, 0) is 4.79 Å². The summed E-state index contributed by atoms with van der Waals surface area (Å²) in [4.78, 5) is 12.4. The lowest BCUT2D eigenvalue weighted by atomic mass is 9.95.